The summed E-state index contributed by atoms with van der Waals surface area (Å²) in [6, 6.07) is 15.9. The predicted molar refractivity (Wildman–Crippen MR) is 167 cm³/mol. The van der Waals surface area contributed by atoms with Crippen molar-refractivity contribution in [3.63, 3.8) is 0 Å². The summed E-state index contributed by atoms with van der Waals surface area (Å²) in [4.78, 5) is 3.72. The summed E-state index contributed by atoms with van der Waals surface area (Å²) in [5.74, 6) is 0.842. The van der Waals surface area contributed by atoms with Crippen LogP contribution in [0.15, 0.2) is 46.9 Å². The SMILES string of the molecule is [C-]#[N+]c1ccc2c(oc3c(-c4cc([Si](C)(C)C)c5cc(CC6CCCC6)ccc5[n+]4C)c(C)c(C)cc32)c1C. The molecule has 0 unspecified atom stereocenters. The van der Waals surface area contributed by atoms with Crippen molar-refractivity contribution in [2.45, 2.75) is 72.5 Å². The number of aryl methyl sites for hydroxylation is 3. The van der Waals surface area contributed by atoms with Crippen LogP contribution < -0.4 is 9.75 Å². The first-order valence-corrected chi connectivity index (χ1v) is 17.9. The van der Waals surface area contributed by atoms with Crippen LogP contribution in [0.25, 0.3) is 48.9 Å². The van der Waals surface area contributed by atoms with E-state index in [0.29, 0.717) is 5.69 Å². The molecule has 2 heterocycles. The van der Waals surface area contributed by atoms with Crippen LogP contribution in [0, 0.1) is 33.3 Å². The molecule has 0 aliphatic heterocycles. The summed E-state index contributed by atoms with van der Waals surface area (Å²) >= 11 is 0. The third-order valence-corrected chi connectivity index (χ3v) is 11.2. The van der Waals surface area contributed by atoms with E-state index in [0.717, 1.165) is 33.4 Å². The zero-order valence-corrected chi connectivity index (χ0v) is 25.5. The van der Waals surface area contributed by atoms with Gasteiger partial charge in [0, 0.05) is 28.3 Å². The van der Waals surface area contributed by atoms with Crippen LogP contribution in [0.1, 0.15) is 47.9 Å². The molecule has 5 aromatic rings. The van der Waals surface area contributed by atoms with Crippen molar-refractivity contribution in [3.8, 4) is 11.3 Å². The number of hydrogen-bond acceptors (Lipinski definition) is 1. The number of fused-ring (bicyclic) bond motifs is 4. The largest absolute Gasteiger partial charge is 0.456 e. The number of nitrogens with zero attached hydrogens (tertiary/aromatic N) is 2. The summed E-state index contributed by atoms with van der Waals surface area (Å²) in [6.45, 7) is 21.4. The molecule has 0 saturated heterocycles. The quantitative estimate of drug-likeness (QED) is 0.129. The first kappa shape index (κ1) is 25.8. The summed E-state index contributed by atoms with van der Waals surface area (Å²) in [6.07, 6.45) is 6.74. The van der Waals surface area contributed by atoms with E-state index in [2.05, 4.69) is 86.3 Å². The second-order valence-corrected chi connectivity index (χ2v) is 17.9. The smallest absolute Gasteiger partial charge is 0.216 e. The Hall–Kier alpha value is -3.42. The zero-order chi connectivity index (χ0) is 27.6. The van der Waals surface area contributed by atoms with Gasteiger partial charge >= 0.3 is 0 Å². The van der Waals surface area contributed by atoms with E-state index in [1.54, 1.807) is 0 Å². The van der Waals surface area contributed by atoms with Crippen LogP contribution in [0.5, 0.6) is 0 Å². The minimum atomic E-state index is -1.68. The number of benzene rings is 3. The highest BCUT2D eigenvalue weighted by Crippen LogP contribution is 2.41. The fraction of sp³-hybridized carbons (Fsp3) is 0.371. The fourth-order valence-corrected chi connectivity index (χ4v) is 8.40. The zero-order valence-electron chi connectivity index (χ0n) is 24.5. The minimum Gasteiger partial charge on any atom is -0.456 e. The van der Waals surface area contributed by atoms with Gasteiger partial charge in [-0.15, -0.1) is 0 Å². The average molecular weight is 532 g/mol. The van der Waals surface area contributed by atoms with Gasteiger partial charge in [0.05, 0.1) is 20.2 Å². The third kappa shape index (κ3) is 4.19. The van der Waals surface area contributed by atoms with E-state index < -0.39 is 8.07 Å². The second-order valence-electron chi connectivity index (χ2n) is 12.8. The van der Waals surface area contributed by atoms with E-state index in [1.165, 1.54) is 76.1 Å². The van der Waals surface area contributed by atoms with Gasteiger partial charge in [0.1, 0.15) is 18.2 Å². The van der Waals surface area contributed by atoms with Crippen molar-refractivity contribution in [2.75, 3.05) is 0 Å². The monoisotopic (exact) mass is 531 g/mol. The summed E-state index contributed by atoms with van der Waals surface area (Å²) in [5.41, 5.74) is 11.0. The van der Waals surface area contributed by atoms with Gasteiger partial charge in [-0.25, -0.2) is 4.85 Å². The van der Waals surface area contributed by atoms with Crippen molar-refractivity contribution in [1.29, 1.82) is 0 Å². The molecule has 198 valence electrons. The number of pyridine rings is 1. The van der Waals surface area contributed by atoms with E-state index in [1.807, 2.05) is 13.0 Å². The van der Waals surface area contributed by atoms with Gasteiger partial charge in [-0.05, 0) is 72.7 Å². The van der Waals surface area contributed by atoms with Gasteiger partial charge < -0.3 is 4.42 Å². The molecule has 0 radical (unpaired) electrons. The molecule has 1 aliphatic rings. The Morgan fingerprint density at radius 2 is 1.64 bits per heavy atom. The van der Waals surface area contributed by atoms with Crippen molar-refractivity contribution in [1.82, 2.24) is 0 Å². The van der Waals surface area contributed by atoms with Gasteiger partial charge in [0.15, 0.2) is 5.69 Å². The van der Waals surface area contributed by atoms with E-state index in [4.69, 9.17) is 11.0 Å². The van der Waals surface area contributed by atoms with Crippen LogP contribution >= 0.6 is 0 Å². The lowest BCUT2D eigenvalue weighted by atomic mass is 9.94. The standard InChI is InChI=1S/C35H39N2OSi/c1-21-17-27-26-14-15-29(36-4)23(3)34(26)38-35(27)33(22(21)2)31-20-32(39(6,7)8)28-19-25(13-16-30(28)37(31)5)18-24-11-9-10-12-24/h13-17,19-20,24H,9-12,18H2,1-3,5-8H3/q+1. The Balaban J connectivity index is 1.65. The molecule has 6 rings (SSSR count). The highest BCUT2D eigenvalue weighted by Gasteiger charge is 2.30. The molecule has 4 heteroatoms. The molecule has 0 atom stereocenters. The first-order chi connectivity index (χ1) is 18.6. The Morgan fingerprint density at radius 3 is 2.33 bits per heavy atom. The van der Waals surface area contributed by atoms with E-state index in [9.17, 15) is 0 Å². The highest BCUT2D eigenvalue weighted by molar-refractivity contribution is 6.90. The summed E-state index contributed by atoms with van der Waals surface area (Å²) < 4.78 is 9.07. The lowest BCUT2D eigenvalue weighted by Gasteiger charge is -2.21. The van der Waals surface area contributed by atoms with Crippen LogP contribution in [-0.4, -0.2) is 8.07 Å². The molecule has 2 aromatic heterocycles. The Morgan fingerprint density at radius 1 is 0.897 bits per heavy atom. The minimum absolute atomic E-state index is 0.655. The van der Waals surface area contributed by atoms with Crippen molar-refractivity contribution >= 4 is 51.8 Å². The molecule has 1 saturated carbocycles. The maximum Gasteiger partial charge on any atom is 0.216 e. The normalized spacial score (nSPS) is 14.6. The molecule has 3 aromatic carbocycles. The Labute approximate surface area is 233 Å². The molecule has 0 bridgehead atoms. The lowest BCUT2D eigenvalue weighted by molar-refractivity contribution is -0.633. The Kier molecular flexibility index (Phi) is 6.19. The van der Waals surface area contributed by atoms with Gasteiger partial charge in [0.25, 0.3) is 0 Å². The number of furan rings is 1. The number of hydrogen-bond donors (Lipinski definition) is 0. The van der Waals surface area contributed by atoms with Crippen LogP contribution in [0.3, 0.4) is 0 Å². The fourth-order valence-electron chi connectivity index (χ4n) is 6.82. The number of rotatable bonds is 4. The third-order valence-electron chi connectivity index (χ3n) is 9.21. The number of aromatic nitrogens is 1. The molecule has 0 amide bonds. The van der Waals surface area contributed by atoms with Gasteiger partial charge in [-0.1, -0.05) is 63.5 Å². The predicted octanol–water partition coefficient (Wildman–Crippen LogP) is 8.98. The van der Waals surface area contributed by atoms with Crippen molar-refractivity contribution < 1.29 is 8.98 Å². The van der Waals surface area contributed by atoms with Crippen LogP contribution in [-0.2, 0) is 13.5 Å². The van der Waals surface area contributed by atoms with Crippen LogP contribution in [0.4, 0.5) is 5.69 Å². The summed E-state index contributed by atoms with van der Waals surface area (Å²) in [5, 5.41) is 5.14. The highest BCUT2D eigenvalue weighted by atomic mass is 28.3. The van der Waals surface area contributed by atoms with E-state index >= 15 is 0 Å². The Bertz CT molecular complexity index is 1820. The summed E-state index contributed by atoms with van der Waals surface area (Å²) in [7, 11) is 0.528. The van der Waals surface area contributed by atoms with Gasteiger partial charge in [0.2, 0.25) is 11.2 Å². The molecule has 3 nitrogen and oxygen atoms in total. The molecule has 0 N–H and O–H groups in total. The maximum atomic E-state index is 7.59. The maximum absolute atomic E-state index is 7.59. The molecule has 1 fully saturated rings. The average Bonchev–Trinajstić information content (AvgIpc) is 3.53. The second kappa shape index (κ2) is 9.35. The molecule has 0 spiro atoms. The molecular formula is C35H39N2OSi+. The first-order valence-electron chi connectivity index (χ1n) is 14.4. The van der Waals surface area contributed by atoms with Crippen molar-refractivity contribution in [2.24, 2.45) is 13.0 Å². The molecule has 39 heavy (non-hydrogen) atoms. The molecular weight excluding hydrogens is 492 g/mol. The van der Waals surface area contributed by atoms with E-state index in [-0.39, 0.29) is 0 Å². The lowest BCUT2D eigenvalue weighted by Crippen LogP contribution is -2.43. The van der Waals surface area contributed by atoms with Crippen molar-refractivity contribution in [3.05, 3.63) is 76.1 Å². The topological polar surface area (TPSA) is 21.4 Å². The van der Waals surface area contributed by atoms with Gasteiger partial charge in [-0.2, -0.15) is 4.57 Å². The van der Waals surface area contributed by atoms with Gasteiger partial charge in [-0.3, -0.25) is 0 Å². The van der Waals surface area contributed by atoms with Crippen LogP contribution in [0.2, 0.25) is 19.6 Å². The molecule has 1 aliphatic carbocycles.